The molecule has 2 aromatic carbocycles. The molecule has 3 nitrogen and oxygen atoms in total. The number of rotatable bonds is 3. The highest BCUT2D eigenvalue weighted by atomic mass is 79.9. The molecule has 0 bridgehead atoms. The molecule has 0 aliphatic carbocycles. The number of carbonyl (C=O) groups is 1. The van der Waals surface area contributed by atoms with Crippen LogP contribution in [0.1, 0.15) is 16.1 Å². The Morgan fingerprint density at radius 3 is 2.62 bits per heavy atom. The highest BCUT2D eigenvalue weighted by Gasteiger charge is 2.15. The quantitative estimate of drug-likeness (QED) is 0.516. The van der Waals surface area contributed by atoms with Crippen molar-refractivity contribution in [3.8, 4) is 11.3 Å². The highest BCUT2D eigenvalue weighted by Crippen LogP contribution is 2.32. The summed E-state index contributed by atoms with van der Waals surface area (Å²) in [4.78, 5) is 12.4. The molecule has 1 heterocycles. The van der Waals surface area contributed by atoms with Crippen LogP contribution in [0.2, 0.25) is 10.0 Å². The van der Waals surface area contributed by atoms with Crippen LogP contribution >= 0.6 is 39.1 Å². The fourth-order valence-corrected chi connectivity index (χ4v) is 3.10. The number of amides is 1. The number of carbonyl (C=O) groups excluding carboxylic acids is 1. The van der Waals surface area contributed by atoms with E-state index in [-0.39, 0.29) is 11.7 Å². The van der Waals surface area contributed by atoms with Crippen LogP contribution in [0, 0.1) is 6.92 Å². The average molecular weight is 425 g/mol. The van der Waals surface area contributed by atoms with Crippen molar-refractivity contribution in [3.63, 3.8) is 0 Å². The Hall–Kier alpha value is -1.75. The van der Waals surface area contributed by atoms with Gasteiger partial charge >= 0.3 is 0 Å². The van der Waals surface area contributed by atoms with Crippen LogP contribution in [-0.2, 0) is 0 Å². The third kappa shape index (κ3) is 3.66. The molecule has 0 spiro atoms. The number of hydrogen-bond acceptors (Lipinski definition) is 2. The van der Waals surface area contributed by atoms with E-state index >= 15 is 0 Å². The van der Waals surface area contributed by atoms with Crippen LogP contribution in [0.15, 0.2) is 57.4 Å². The molecule has 0 aliphatic heterocycles. The first kappa shape index (κ1) is 17.1. The summed E-state index contributed by atoms with van der Waals surface area (Å²) in [5, 5.41) is 3.88. The van der Waals surface area contributed by atoms with Crippen molar-refractivity contribution in [2.45, 2.75) is 6.92 Å². The lowest BCUT2D eigenvalue weighted by molar-refractivity contribution is 0.0997. The van der Waals surface area contributed by atoms with Crippen molar-refractivity contribution in [2.24, 2.45) is 0 Å². The Morgan fingerprint density at radius 1 is 1.08 bits per heavy atom. The van der Waals surface area contributed by atoms with Gasteiger partial charge < -0.3 is 9.73 Å². The maximum Gasteiger partial charge on any atom is 0.291 e. The van der Waals surface area contributed by atoms with Crippen LogP contribution in [0.4, 0.5) is 5.69 Å². The molecule has 6 heteroatoms. The second kappa shape index (κ2) is 7.01. The molecule has 1 aromatic heterocycles. The van der Waals surface area contributed by atoms with Crippen molar-refractivity contribution in [1.29, 1.82) is 0 Å². The fraction of sp³-hybridized carbons (Fsp3) is 0.0556. The van der Waals surface area contributed by atoms with E-state index < -0.39 is 0 Å². The summed E-state index contributed by atoms with van der Waals surface area (Å²) < 4.78 is 6.59. The number of nitrogens with one attached hydrogen (secondary N) is 1. The molecule has 0 unspecified atom stereocenters. The van der Waals surface area contributed by atoms with E-state index in [9.17, 15) is 4.79 Å². The second-order valence-electron chi connectivity index (χ2n) is 5.20. The van der Waals surface area contributed by atoms with Crippen LogP contribution < -0.4 is 5.32 Å². The maximum absolute atomic E-state index is 12.4. The molecule has 0 atom stereocenters. The van der Waals surface area contributed by atoms with Gasteiger partial charge in [0.25, 0.3) is 5.91 Å². The zero-order chi connectivity index (χ0) is 17.3. The average Bonchev–Trinajstić information content (AvgIpc) is 3.02. The summed E-state index contributed by atoms with van der Waals surface area (Å²) in [6.45, 7) is 1.92. The Bertz CT molecular complexity index is 921. The van der Waals surface area contributed by atoms with Gasteiger partial charge in [0.05, 0.1) is 5.02 Å². The Balaban J connectivity index is 1.85. The van der Waals surface area contributed by atoms with Crippen molar-refractivity contribution in [3.05, 3.63) is 74.4 Å². The van der Waals surface area contributed by atoms with E-state index in [1.54, 1.807) is 30.3 Å². The maximum atomic E-state index is 12.4. The SMILES string of the molecule is Cc1cc(Br)ccc1NC(=O)c1ccc(-c2cc(Cl)ccc2Cl)o1. The molecule has 0 saturated carbocycles. The van der Waals surface area contributed by atoms with E-state index in [4.69, 9.17) is 27.6 Å². The minimum atomic E-state index is -0.329. The number of furan rings is 1. The third-order valence-electron chi connectivity index (χ3n) is 3.46. The molecule has 0 fully saturated rings. The predicted molar refractivity (Wildman–Crippen MR) is 101 cm³/mol. The van der Waals surface area contributed by atoms with Gasteiger partial charge in [-0.15, -0.1) is 0 Å². The summed E-state index contributed by atoms with van der Waals surface area (Å²) in [5.41, 5.74) is 2.31. The van der Waals surface area contributed by atoms with Gasteiger partial charge in [0, 0.05) is 20.7 Å². The molecule has 0 radical (unpaired) electrons. The van der Waals surface area contributed by atoms with Crippen molar-refractivity contribution < 1.29 is 9.21 Å². The third-order valence-corrected chi connectivity index (χ3v) is 4.52. The lowest BCUT2D eigenvalue weighted by atomic mass is 10.2. The van der Waals surface area contributed by atoms with Gasteiger partial charge in [0.1, 0.15) is 5.76 Å². The molecule has 3 aromatic rings. The minimum absolute atomic E-state index is 0.198. The van der Waals surface area contributed by atoms with Gasteiger partial charge in [-0.25, -0.2) is 0 Å². The van der Waals surface area contributed by atoms with Crippen LogP contribution in [-0.4, -0.2) is 5.91 Å². The molecule has 122 valence electrons. The first-order valence-corrected chi connectivity index (χ1v) is 8.61. The first-order valence-electron chi connectivity index (χ1n) is 7.07. The van der Waals surface area contributed by atoms with E-state index in [1.807, 2.05) is 25.1 Å². The lowest BCUT2D eigenvalue weighted by Gasteiger charge is -2.07. The molecule has 1 amide bonds. The number of aryl methyl sites for hydroxylation is 1. The summed E-state index contributed by atoms with van der Waals surface area (Å²) >= 11 is 15.5. The van der Waals surface area contributed by atoms with Crippen molar-refractivity contribution >= 4 is 50.7 Å². The fourth-order valence-electron chi connectivity index (χ4n) is 2.24. The van der Waals surface area contributed by atoms with Crippen LogP contribution in [0.3, 0.4) is 0 Å². The summed E-state index contributed by atoms with van der Waals surface area (Å²) in [7, 11) is 0. The topological polar surface area (TPSA) is 42.2 Å². The van der Waals surface area contributed by atoms with Gasteiger partial charge in [-0.2, -0.15) is 0 Å². The molecule has 24 heavy (non-hydrogen) atoms. The second-order valence-corrected chi connectivity index (χ2v) is 6.96. The number of benzene rings is 2. The van der Waals surface area contributed by atoms with E-state index in [2.05, 4.69) is 21.2 Å². The first-order chi connectivity index (χ1) is 11.4. The number of hydrogen-bond donors (Lipinski definition) is 1. The Kier molecular flexibility index (Phi) is 4.99. The monoisotopic (exact) mass is 423 g/mol. The number of anilines is 1. The van der Waals surface area contributed by atoms with E-state index in [0.29, 0.717) is 21.4 Å². The molecule has 0 saturated heterocycles. The molecular formula is C18H12BrCl2NO2. The van der Waals surface area contributed by atoms with Gasteiger partial charge in [-0.05, 0) is 61.0 Å². The Morgan fingerprint density at radius 2 is 1.88 bits per heavy atom. The van der Waals surface area contributed by atoms with E-state index in [1.165, 1.54) is 0 Å². The smallest absolute Gasteiger partial charge is 0.291 e. The van der Waals surface area contributed by atoms with Gasteiger partial charge in [-0.3, -0.25) is 4.79 Å². The summed E-state index contributed by atoms with van der Waals surface area (Å²) in [6.07, 6.45) is 0. The van der Waals surface area contributed by atoms with Crippen molar-refractivity contribution in [1.82, 2.24) is 0 Å². The largest absolute Gasteiger partial charge is 0.451 e. The van der Waals surface area contributed by atoms with E-state index in [0.717, 1.165) is 15.7 Å². The molecular weight excluding hydrogens is 413 g/mol. The zero-order valence-electron chi connectivity index (χ0n) is 12.6. The Labute approximate surface area is 157 Å². The minimum Gasteiger partial charge on any atom is -0.451 e. The lowest BCUT2D eigenvalue weighted by Crippen LogP contribution is -2.11. The highest BCUT2D eigenvalue weighted by molar-refractivity contribution is 9.10. The normalized spacial score (nSPS) is 10.7. The van der Waals surface area contributed by atoms with Gasteiger partial charge in [0.15, 0.2) is 5.76 Å². The standard InChI is InChI=1S/C18H12BrCl2NO2/c1-10-8-11(19)2-5-15(10)22-18(23)17-7-6-16(24-17)13-9-12(20)3-4-14(13)21/h2-9H,1H3,(H,22,23). The van der Waals surface area contributed by atoms with Crippen LogP contribution in [0.5, 0.6) is 0 Å². The summed E-state index contributed by atoms with van der Waals surface area (Å²) in [6, 6.07) is 14.0. The van der Waals surface area contributed by atoms with Crippen LogP contribution in [0.25, 0.3) is 11.3 Å². The predicted octanol–water partition coefficient (Wildman–Crippen LogP) is 6.58. The molecule has 0 aliphatic rings. The molecule has 1 N–H and O–H groups in total. The number of halogens is 3. The van der Waals surface area contributed by atoms with Gasteiger partial charge in [-0.1, -0.05) is 39.1 Å². The van der Waals surface area contributed by atoms with Crippen molar-refractivity contribution in [2.75, 3.05) is 5.32 Å². The summed E-state index contributed by atoms with van der Waals surface area (Å²) in [5.74, 6) is 0.355. The molecule has 3 rings (SSSR count). The van der Waals surface area contributed by atoms with Gasteiger partial charge in [0.2, 0.25) is 0 Å². The zero-order valence-corrected chi connectivity index (χ0v) is 15.7.